The summed E-state index contributed by atoms with van der Waals surface area (Å²) < 4.78 is 21.0. The number of benzene rings is 2. The highest BCUT2D eigenvalue weighted by Crippen LogP contribution is 2.26. The zero-order chi connectivity index (χ0) is 26.8. The number of hydrogen-bond donors (Lipinski definition) is 4. The summed E-state index contributed by atoms with van der Waals surface area (Å²) in [6.07, 6.45) is 3.69. The Bertz CT molecular complexity index is 1070. The number of aliphatic imine (C=N–C) groups is 1. The van der Waals surface area contributed by atoms with Gasteiger partial charge in [0.1, 0.15) is 17.8 Å². The van der Waals surface area contributed by atoms with Gasteiger partial charge in [0.15, 0.2) is 5.96 Å². The SMILES string of the molecule is COc1ccc(Br)cc1CCc1c(F)cccc1C(=O)NC(N)=NCCCCN1CCC(C(N)O)CC1. The Kier molecular flexibility index (Phi) is 11.3. The number of halogens is 2. The van der Waals surface area contributed by atoms with Crippen LogP contribution in [0, 0.1) is 11.7 Å². The zero-order valence-corrected chi connectivity index (χ0v) is 22.8. The number of nitrogens with two attached hydrogens (primary N) is 2. The van der Waals surface area contributed by atoms with Crippen LogP contribution in [-0.2, 0) is 12.8 Å². The van der Waals surface area contributed by atoms with E-state index in [-0.39, 0.29) is 17.4 Å². The third kappa shape index (κ3) is 8.77. The van der Waals surface area contributed by atoms with Crippen LogP contribution in [0.3, 0.4) is 0 Å². The summed E-state index contributed by atoms with van der Waals surface area (Å²) in [6, 6.07) is 10.1. The maximum Gasteiger partial charge on any atom is 0.258 e. The van der Waals surface area contributed by atoms with Crippen LogP contribution in [0.2, 0.25) is 0 Å². The summed E-state index contributed by atoms with van der Waals surface area (Å²) >= 11 is 3.45. The molecule has 202 valence electrons. The molecule has 1 fully saturated rings. The number of carbonyl (C=O) groups excluding carboxylic acids is 1. The number of hydrogen-bond acceptors (Lipinski definition) is 6. The molecule has 1 unspecified atom stereocenters. The lowest BCUT2D eigenvalue weighted by atomic mass is 9.95. The van der Waals surface area contributed by atoms with Crippen LogP contribution in [0.15, 0.2) is 45.9 Å². The Morgan fingerprint density at radius 3 is 2.73 bits per heavy atom. The van der Waals surface area contributed by atoms with E-state index in [9.17, 15) is 14.3 Å². The minimum absolute atomic E-state index is 0.0200. The lowest BCUT2D eigenvalue weighted by Gasteiger charge is -2.32. The number of piperidine rings is 1. The molecular weight excluding hydrogens is 541 g/mol. The predicted octanol–water partition coefficient (Wildman–Crippen LogP) is 3.20. The van der Waals surface area contributed by atoms with Crippen molar-refractivity contribution in [2.24, 2.45) is 22.4 Å². The second-order valence-electron chi connectivity index (χ2n) is 9.32. The molecule has 0 bridgehead atoms. The molecule has 1 aliphatic rings. The Hall–Kier alpha value is -2.53. The topological polar surface area (TPSA) is 126 Å². The molecule has 0 aliphatic carbocycles. The molecule has 8 nitrogen and oxygen atoms in total. The number of methoxy groups -OCH3 is 1. The Morgan fingerprint density at radius 1 is 1.27 bits per heavy atom. The van der Waals surface area contributed by atoms with Crippen LogP contribution in [0.4, 0.5) is 4.39 Å². The molecule has 3 rings (SSSR count). The number of aryl methyl sites for hydroxylation is 1. The van der Waals surface area contributed by atoms with Gasteiger partial charge in [-0.1, -0.05) is 22.0 Å². The van der Waals surface area contributed by atoms with E-state index < -0.39 is 18.0 Å². The Balaban J connectivity index is 1.49. The van der Waals surface area contributed by atoms with E-state index in [0.29, 0.717) is 30.7 Å². The highest BCUT2D eigenvalue weighted by atomic mass is 79.9. The van der Waals surface area contributed by atoms with Crippen molar-refractivity contribution in [3.63, 3.8) is 0 Å². The van der Waals surface area contributed by atoms with E-state index in [0.717, 1.165) is 55.4 Å². The maximum atomic E-state index is 14.7. The third-order valence-corrected chi connectivity index (χ3v) is 7.26. The number of nitrogens with one attached hydrogen (secondary N) is 1. The summed E-state index contributed by atoms with van der Waals surface area (Å²) in [6.45, 7) is 3.31. The lowest BCUT2D eigenvalue weighted by Crippen LogP contribution is -2.41. The molecular formula is C27H37BrFN5O3. The van der Waals surface area contributed by atoms with Gasteiger partial charge < -0.3 is 26.2 Å². The predicted molar refractivity (Wildman–Crippen MR) is 147 cm³/mol. The normalized spacial score (nSPS) is 16.0. The average Bonchev–Trinajstić information content (AvgIpc) is 2.88. The van der Waals surface area contributed by atoms with Crippen LogP contribution in [-0.4, -0.2) is 61.4 Å². The Morgan fingerprint density at radius 2 is 2.03 bits per heavy atom. The molecule has 0 aromatic heterocycles. The van der Waals surface area contributed by atoms with Gasteiger partial charge in [-0.15, -0.1) is 0 Å². The first-order valence-corrected chi connectivity index (χ1v) is 13.4. The fraction of sp³-hybridized carbons (Fsp3) is 0.481. The number of unbranched alkanes of at least 4 members (excludes halogenated alkanes) is 1. The van der Waals surface area contributed by atoms with Crippen LogP contribution in [0.1, 0.15) is 47.2 Å². The van der Waals surface area contributed by atoms with Crippen molar-refractivity contribution >= 4 is 27.8 Å². The number of carbonyl (C=O) groups is 1. The second-order valence-corrected chi connectivity index (χ2v) is 10.2. The molecule has 1 amide bonds. The fourth-order valence-corrected chi connectivity index (χ4v) is 5.02. The first-order chi connectivity index (χ1) is 17.8. The van der Waals surface area contributed by atoms with E-state index in [1.165, 1.54) is 12.1 Å². The number of nitrogens with zero attached hydrogens (tertiary/aromatic N) is 2. The van der Waals surface area contributed by atoms with Crippen molar-refractivity contribution in [1.29, 1.82) is 0 Å². The van der Waals surface area contributed by atoms with Gasteiger partial charge in [-0.05, 0) is 94.1 Å². The summed E-state index contributed by atoms with van der Waals surface area (Å²) in [5.41, 5.74) is 13.0. The van der Waals surface area contributed by atoms with Crippen LogP contribution < -0.4 is 21.5 Å². The average molecular weight is 579 g/mol. The van der Waals surface area contributed by atoms with Gasteiger partial charge in [-0.2, -0.15) is 0 Å². The molecule has 1 heterocycles. The minimum Gasteiger partial charge on any atom is -0.496 e. The van der Waals surface area contributed by atoms with Gasteiger partial charge in [-0.25, -0.2) is 4.39 Å². The van der Waals surface area contributed by atoms with Crippen LogP contribution in [0.25, 0.3) is 0 Å². The highest BCUT2D eigenvalue weighted by molar-refractivity contribution is 9.10. The summed E-state index contributed by atoms with van der Waals surface area (Å²) in [5, 5.41) is 12.1. The van der Waals surface area contributed by atoms with E-state index in [4.69, 9.17) is 16.2 Å². The van der Waals surface area contributed by atoms with Crippen LogP contribution in [0.5, 0.6) is 5.75 Å². The monoisotopic (exact) mass is 577 g/mol. The molecule has 2 aromatic rings. The smallest absolute Gasteiger partial charge is 0.258 e. The number of ether oxygens (including phenoxy) is 1. The van der Waals surface area contributed by atoms with E-state index >= 15 is 0 Å². The molecule has 0 radical (unpaired) electrons. The summed E-state index contributed by atoms with van der Waals surface area (Å²) in [4.78, 5) is 19.5. The molecule has 1 saturated heterocycles. The number of guanidine groups is 1. The van der Waals surface area contributed by atoms with E-state index in [2.05, 4.69) is 31.1 Å². The third-order valence-electron chi connectivity index (χ3n) is 6.77. The van der Waals surface area contributed by atoms with Gasteiger partial charge >= 0.3 is 0 Å². The maximum absolute atomic E-state index is 14.7. The molecule has 0 saturated carbocycles. The van der Waals surface area contributed by atoms with Crippen LogP contribution >= 0.6 is 15.9 Å². The first-order valence-electron chi connectivity index (χ1n) is 12.7. The van der Waals surface area contributed by atoms with Gasteiger partial charge in [0.2, 0.25) is 0 Å². The fourth-order valence-electron chi connectivity index (χ4n) is 4.62. The van der Waals surface area contributed by atoms with Crippen molar-refractivity contribution in [3.8, 4) is 5.75 Å². The quantitative estimate of drug-likeness (QED) is 0.141. The van der Waals surface area contributed by atoms with E-state index in [1.54, 1.807) is 13.2 Å². The molecule has 1 aliphatic heterocycles. The zero-order valence-electron chi connectivity index (χ0n) is 21.3. The van der Waals surface area contributed by atoms with Gasteiger partial charge in [0.05, 0.1) is 7.11 Å². The molecule has 6 N–H and O–H groups in total. The number of aliphatic hydroxyl groups is 1. The second kappa shape index (κ2) is 14.4. The van der Waals surface area contributed by atoms with Crippen molar-refractivity contribution in [1.82, 2.24) is 10.2 Å². The molecule has 10 heteroatoms. The number of amides is 1. The van der Waals surface area contributed by atoms with Gasteiger partial charge in [0, 0.05) is 28.1 Å². The highest BCUT2D eigenvalue weighted by Gasteiger charge is 2.22. The molecule has 1 atom stereocenters. The lowest BCUT2D eigenvalue weighted by molar-refractivity contribution is 0.0635. The van der Waals surface area contributed by atoms with Gasteiger partial charge in [-0.3, -0.25) is 15.1 Å². The molecule has 0 spiro atoms. The Labute approximate surface area is 226 Å². The summed E-state index contributed by atoms with van der Waals surface area (Å²) in [7, 11) is 1.59. The van der Waals surface area contributed by atoms with Crippen molar-refractivity contribution in [2.75, 3.05) is 33.3 Å². The molecule has 2 aromatic carbocycles. The number of likely N-dealkylation sites (tertiary alicyclic amines) is 1. The van der Waals surface area contributed by atoms with Crippen molar-refractivity contribution in [2.45, 2.75) is 44.8 Å². The standard InChI is InChI=1S/C27H37BrFN5O3/c1-37-24-10-8-20(28)17-19(24)7-9-21-22(5-4-6-23(21)29)26(36)33-27(31)32-13-2-3-14-34-15-11-18(12-16-34)25(30)35/h4-6,8,10,17-18,25,35H,2-3,7,9,11-16,30H2,1H3,(H3,31,32,33,36). The van der Waals surface area contributed by atoms with Gasteiger partial charge in [0.25, 0.3) is 5.91 Å². The van der Waals surface area contributed by atoms with E-state index in [1.807, 2.05) is 18.2 Å². The first kappa shape index (κ1) is 29.0. The number of rotatable bonds is 11. The summed E-state index contributed by atoms with van der Waals surface area (Å²) in [5.74, 6) is -0.0115. The van der Waals surface area contributed by atoms with Crippen molar-refractivity contribution < 1.29 is 19.0 Å². The number of aliphatic hydroxyl groups excluding tert-OH is 1. The molecule has 37 heavy (non-hydrogen) atoms. The minimum atomic E-state index is -0.729. The van der Waals surface area contributed by atoms with Crippen molar-refractivity contribution in [3.05, 3.63) is 63.4 Å². The largest absolute Gasteiger partial charge is 0.496 e.